The molecule has 1 heterocycles. The maximum Gasteiger partial charge on any atom is 0.419 e. The van der Waals surface area contributed by atoms with Crippen LogP contribution in [0.1, 0.15) is 5.56 Å². The molecule has 0 fully saturated rings. The van der Waals surface area contributed by atoms with Gasteiger partial charge in [-0.05, 0) is 24.3 Å². The molecule has 3 nitrogen and oxygen atoms in total. The highest BCUT2D eigenvalue weighted by Gasteiger charge is 2.34. The highest BCUT2D eigenvalue weighted by atomic mass is 19.4. The maximum absolute atomic E-state index is 12.8. The second kappa shape index (κ2) is 4.12. The third-order valence-corrected chi connectivity index (χ3v) is 2.32. The lowest BCUT2D eigenvalue weighted by Gasteiger charge is -2.12. The zero-order valence-corrected chi connectivity index (χ0v) is 8.88. The second-order valence-electron chi connectivity index (χ2n) is 3.38. The Hall–Kier alpha value is -1.98. The monoisotopic (exact) mass is 242 g/mol. The van der Waals surface area contributed by atoms with E-state index in [4.69, 9.17) is 4.74 Å². The Balaban J connectivity index is 2.53. The minimum absolute atomic E-state index is 0.194. The number of alkyl halides is 3. The number of aromatic nitrogens is 2. The Labute approximate surface area is 95.2 Å². The Kier molecular flexibility index (Phi) is 2.79. The predicted octanol–water partition coefficient (Wildman–Crippen LogP) is 3.10. The molecule has 0 aliphatic heterocycles. The van der Waals surface area contributed by atoms with Crippen molar-refractivity contribution in [1.82, 2.24) is 10.2 Å². The van der Waals surface area contributed by atoms with Gasteiger partial charge in [-0.1, -0.05) is 0 Å². The molecule has 17 heavy (non-hydrogen) atoms. The van der Waals surface area contributed by atoms with Crippen LogP contribution in [0, 0.1) is 0 Å². The molecule has 6 heteroatoms. The number of rotatable bonds is 2. The van der Waals surface area contributed by atoms with Crippen molar-refractivity contribution in [3.05, 3.63) is 36.0 Å². The molecule has 0 bridgehead atoms. The number of nitrogens with zero attached hydrogens (tertiary/aromatic N) is 1. The Bertz CT molecular complexity index is 506. The van der Waals surface area contributed by atoms with Crippen LogP contribution in [0.5, 0.6) is 5.75 Å². The molecule has 1 N–H and O–H groups in total. The number of benzene rings is 1. The lowest BCUT2D eigenvalue weighted by atomic mass is 10.1. The first-order valence-corrected chi connectivity index (χ1v) is 4.77. The summed E-state index contributed by atoms with van der Waals surface area (Å²) in [6, 6.07) is 5.47. The lowest BCUT2D eigenvalue weighted by molar-refractivity contribution is -0.138. The van der Waals surface area contributed by atoms with Gasteiger partial charge in [-0.25, -0.2) is 0 Å². The standard InChI is InChI=1S/C11H9F3N2O/c1-17-10-3-2-7(9-4-5-15-16-9)6-8(10)11(12,13)14/h2-6H,1H3,(H,15,16). The van der Waals surface area contributed by atoms with Crippen LogP contribution in [0.4, 0.5) is 13.2 Å². The molecule has 1 aromatic heterocycles. The third-order valence-electron chi connectivity index (χ3n) is 2.32. The molecular weight excluding hydrogens is 233 g/mol. The van der Waals surface area contributed by atoms with Crippen LogP contribution in [0.25, 0.3) is 11.3 Å². The van der Waals surface area contributed by atoms with Crippen molar-refractivity contribution < 1.29 is 17.9 Å². The number of ether oxygens (including phenoxy) is 1. The van der Waals surface area contributed by atoms with Crippen LogP contribution < -0.4 is 4.74 Å². The molecule has 0 spiro atoms. The molecule has 0 amide bonds. The van der Waals surface area contributed by atoms with Gasteiger partial charge in [0, 0.05) is 11.8 Å². The van der Waals surface area contributed by atoms with E-state index < -0.39 is 11.7 Å². The minimum Gasteiger partial charge on any atom is -0.496 e. The van der Waals surface area contributed by atoms with Crippen LogP contribution in [0.15, 0.2) is 30.5 Å². The largest absolute Gasteiger partial charge is 0.496 e. The summed E-state index contributed by atoms with van der Waals surface area (Å²) < 4.78 is 43.0. The van der Waals surface area contributed by atoms with E-state index in [0.717, 1.165) is 6.07 Å². The molecule has 0 aliphatic rings. The minimum atomic E-state index is -4.44. The Morgan fingerprint density at radius 2 is 2.00 bits per heavy atom. The summed E-state index contributed by atoms with van der Waals surface area (Å²) in [4.78, 5) is 0. The Morgan fingerprint density at radius 3 is 2.53 bits per heavy atom. The van der Waals surface area contributed by atoms with E-state index in [1.54, 1.807) is 12.1 Å². The average molecular weight is 242 g/mol. The van der Waals surface area contributed by atoms with Crippen LogP contribution in [0.2, 0.25) is 0 Å². The van der Waals surface area contributed by atoms with E-state index in [1.165, 1.54) is 19.4 Å². The van der Waals surface area contributed by atoms with E-state index in [9.17, 15) is 13.2 Å². The number of aromatic amines is 1. The zero-order valence-electron chi connectivity index (χ0n) is 8.88. The van der Waals surface area contributed by atoms with E-state index in [1.807, 2.05) is 0 Å². The van der Waals surface area contributed by atoms with E-state index in [0.29, 0.717) is 11.3 Å². The first-order chi connectivity index (χ1) is 8.02. The van der Waals surface area contributed by atoms with Crippen molar-refractivity contribution in [1.29, 1.82) is 0 Å². The summed E-state index contributed by atoms with van der Waals surface area (Å²) in [6.45, 7) is 0. The van der Waals surface area contributed by atoms with Gasteiger partial charge in [0.05, 0.1) is 18.4 Å². The zero-order chi connectivity index (χ0) is 12.5. The molecule has 2 rings (SSSR count). The summed E-state index contributed by atoms with van der Waals surface area (Å²) in [7, 11) is 1.21. The summed E-state index contributed by atoms with van der Waals surface area (Å²) in [5.41, 5.74) is 0.140. The van der Waals surface area contributed by atoms with Gasteiger partial charge in [0.25, 0.3) is 0 Å². The van der Waals surface area contributed by atoms with Gasteiger partial charge in [0.1, 0.15) is 5.75 Å². The van der Waals surface area contributed by atoms with Gasteiger partial charge in [-0.3, -0.25) is 5.10 Å². The molecule has 0 radical (unpaired) electrons. The fourth-order valence-corrected chi connectivity index (χ4v) is 1.51. The van der Waals surface area contributed by atoms with Crippen LogP contribution in [-0.2, 0) is 6.18 Å². The lowest BCUT2D eigenvalue weighted by Crippen LogP contribution is -2.07. The number of halogens is 3. The topological polar surface area (TPSA) is 37.9 Å². The molecule has 0 atom stereocenters. The molecule has 2 aromatic rings. The van der Waals surface area contributed by atoms with Gasteiger partial charge < -0.3 is 4.74 Å². The van der Waals surface area contributed by atoms with Crippen molar-refractivity contribution in [2.45, 2.75) is 6.18 Å². The van der Waals surface area contributed by atoms with Crippen molar-refractivity contribution in [3.8, 4) is 17.0 Å². The second-order valence-corrected chi connectivity index (χ2v) is 3.38. The fourth-order valence-electron chi connectivity index (χ4n) is 1.51. The van der Waals surface area contributed by atoms with Crippen LogP contribution in [-0.4, -0.2) is 17.3 Å². The SMILES string of the molecule is COc1ccc(-c2ccn[nH]2)cc1C(F)(F)F. The normalized spacial score (nSPS) is 11.5. The quantitative estimate of drug-likeness (QED) is 0.878. The molecule has 0 aliphatic carbocycles. The third kappa shape index (κ3) is 2.25. The first kappa shape index (κ1) is 11.5. The highest BCUT2D eigenvalue weighted by Crippen LogP contribution is 2.38. The van der Waals surface area contributed by atoms with Gasteiger partial charge in [-0.15, -0.1) is 0 Å². The van der Waals surface area contributed by atoms with E-state index in [2.05, 4.69) is 10.2 Å². The summed E-state index contributed by atoms with van der Waals surface area (Å²) in [5.74, 6) is -0.194. The van der Waals surface area contributed by atoms with Crippen molar-refractivity contribution in [2.24, 2.45) is 0 Å². The average Bonchev–Trinajstić information content (AvgIpc) is 2.80. The molecule has 0 saturated carbocycles. The molecule has 0 unspecified atom stereocenters. The molecule has 90 valence electrons. The highest BCUT2D eigenvalue weighted by molar-refractivity contribution is 5.62. The maximum atomic E-state index is 12.8. The van der Waals surface area contributed by atoms with Gasteiger partial charge in [-0.2, -0.15) is 18.3 Å². The summed E-state index contributed by atoms with van der Waals surface area (Å²) in [5, 5.41) is 6.31. The number of nitrogens with one attached hydrogen (secondary N) is 1. The van der Waals surface area contributed by atoms with Crippen LogP contribution >= 0.6 is 0 Å². The summed E-state index contributed by atoms with van der Waals surface area (Å²) >= 11 is 0. The molecule has 0 saturated heterocycles. The van der Waals surface area contributed by atoms with Gasteiger partial charge in [0.2, 0.25) is 0 Å². The first-order valence-electron chi connectivity index (χ1n) is 4.77. The van der Waals surface area contributed by atoms with Crippen molar-refractivity contribution in [2.75, 3.05) is 7.11 Å². The van der Waals surface area contributed by atoms with E-state index >= 15 is 0 Å². The summed E-state index contributed by atoms with van der Waals surface area (Å²) in [6.07, 6.45) is -2.96. The number of hydrogen-bond acceptors (Lipinski definition) is 2. The van der Waals surface area contributed by atoms with E-state index in [-0.39, 0.29) is 5.75 Å². The molecule has 1 aromatic carbocycles. The molecular formula is C11H9F3N2O. The van der Waals surface area contributed by atoms with Crippen molar-refractivity contribution >= 4 is 0 Å². The van der Waals surface area contributed by atoms with Gasteiger partial charge >= 0.3 is 6.18 Å². The number of methoxy groups -OCH3 is 1. The predicted molar refractivity (Wildman–Crippen MR) is 55.6 cm³/mol. The smallest absolute Gasteiger partial charge is 0.419 e. The van der Waals surface area contributed by atoms with Crippen LogP contribution in [0.3, 0.4) is 0 Å². The number of H-pyrrole nitrogens is 1. The Morgan fingerprint density at radius 1 is 1.24 bits per heavy atom. The number of hydrogen-bond donors (Lipinski definition) is 1. The van der Waals surface area contributed by atoms with Gasteiger partial charge in [0.15, 0.2) is 0 Å². The fraction of sp³-hybridized carbons (Fsp3) is 0.182. The van der Waals surface area contributed by atoms with Crippen molar-refractivity contribution in [3.63, 3.8) is 0 Å².